The summed E-state index contributed by atoms with van der Waals surface area (Å²) in [5.74, 6) is -3.25. The Morgan fingerprint density at radius 1 is 0.400 bits per heavy atom. The van der Waals surface area contributed by atoms with Crippen LogP contribution in [0.3, 0.4) is 0 Å². The molecule has 3 heterocycles. The fourth-order valence-electron chi connectivity index (χ4n) is 10.7. The summed E-state index contributed by atoms with van der Waals surface area (Å²) in [5.41, 5.74) is 14.6. The van der Waals surface area contributed by atoms with E-state index in [1.54, 1.807) is 177 Å². The maximum atomic E-state index is 13.9. The molecule has 26 heteroatoms. The Hall–Kier alpha value is -11.0. The van der Waals surface area contributed by atoms with E-state index in [9.17, 15) is 28.4 Å². The van der Waals surface area contributed by atoms with E-state index in [0.717, 1.165) is 33.9 Å². The van der Waals surface area contributed by atoms with Gasteiger partial charge in [0.05, 0.1) is 73.4 Å². The second kappa shape index (κ2) is 40.4. The number of nitrogens with two attached hydrogens (primary N) is 1. The Bertz CT molecular complexity index is 5220. The molecular weight excluding hydrogens is 1580 g/mol. The van der Waals surface area contributed by atoms with Gasteiger partial charge in [-0.15, -0.1) is 0 Å². The number of amidine groups is 1. The van der Waals surface area contributed by atoms with Crippen LogP contribution in [0.2, 0.25) is 45.2 Å². The molecule has 0 spiro atoms. The molecule has 9 aromatic carbocycles. The van der Waals surface area contributed by atoms with Gasteiger partial charge in [-0.05, 0) is 193 Å². The molecule has 0 radical (unpaired) electrons. The van der Waals surface area contributed by atoms with Gasteiger partial charge in [0.25, 0.3) is 29.5 Å². The largest absolute Gasteiger partial charge is 0.383 e. The van der Waals surface area contributed by atoms with E-state index in [2.05, 4.69) is 47.3 Å². The van der Waals surface area contributed by atoms with Crippen molar-refractivity contribution in [3.8, 4) is 12.1 Å². The minimum Gasteiger partial charge on any atom is -0.383 e. The molecular formula is C84H61Cl9FN11O5. The molecule has 0 saturated heterocycles. The van der Waals surface area contributed by atoms with Gasteiger partial charge in [-0.3, -0.25) is 38.9 Å². The smallest absolute Gasteiger partial charge is 0.256 e. The van der Waals surface area contributed by atoms with E-state index in [1.807, 2.05) is 67.6 Å². The predicted molar refractivity (Wildman–Crippen MR) is 433 cm³/mol. The van der Waals surface area contributed by atoms with Gasteiger partial charge in [-0.2, -0.15) is 15.5 Å². The van der Waals surface area contributed by atoms with E-state index < -0.39 is 47.6 Å². The van der Waals surface area contributed by atoms with Crippen molar-refractivity contribution in [1.82, 2.24) is 36.2 Å². The quantitative estimate of drug-likeness (QED) is 0.0399. The van der Waals surface area contributed by atoms with Crippen molar-refractivity contribution in [3.05, 3.63) is 402 Å². The molecule has 0 aliphatic carbocycles. The zero-order chi connectivity index (χ0) is 79.0. The third-order valence-electron chi connectivity index (χ3n) is 16.4. The van der Waals surface area contributed by atoms with Gasteiger partial charge < -0.3 is 27.0 Å². The SMILES string of the molecule is Cc1cc(C(=O)NC(c2ccc(Cl)cc2)c2ncccc2Cl)ccc1C#N.Cc1cc(C(=O)N[C@@H](c2ccc(Cl)cc2)c2ncccc2Cl)ccc1Cl.N#Cc1ccc(C(=O)N[C@@H](c2ccc(Cl)cc2)c2ncccc2Cl)cc1F.NC(=NC(=O)C(CNC(=O)c1cc(Cl)cc(Cl)c1)c1ccccc1)c1ccccc1. The summed E-state index contributed by atoms with van der Waals surface area (Å²) < 4.78 is 13.9. The van der Waals surface area contributed by atoms with E-state index in [1.165, 1.54) is 30.3 Å². The van der Waals surface area contributed by atoms with Crippen LogP contribution in [0.5, 0.6) is 0 Å². The van der Waals surface area contributed by atoms with Crippen LogP contribution in [0, 0.1) is 42.3 Å². The highest BCUT2D eigenvalue weighted by Crippen LogP contribution is 2.33. The molecule has 0 fully saturated rings. The maximum Gasteiger partial charge on any atom is 0.256 e. The molecule has 12 aromatic rings. The predicted octanol–water partition coefficient (Wildman–Crippen LogP) is 20.3. The third kappa shape index (κ3) is 23.3. The molecule has 552 valence electrons. The van der Waals surface area contributed by atoms with E-state index >= 15 is 0 Å². The average Bonchev–Trinajstić information content (AvgIpc) is 0.811. The van der Waals surface area contributed by atoms with Crippen molar-refractivity contribution in [2.45, 2.75) is 37.9 Å². The normalized spacial score (nSPS) is 11.8. The van der Waals surface area contributed by atoms with Crippen LogP contribution in [-0.2, 0) is 4.79 Å². The summed E-state index contributed by atoms with van der Waals surface area (Å²) in [6.07, 6.45) is 4.84. The number of hydrogen-bond acceptors (Lipinski definition) is 10. The summed E-state index contributed by atoms with van der Waals surface area (Å²) in [6.45, 7) is 3.68. The number of aryl methyl sites for hydroxylation is 2. The first-order chi connectivity index (χ1) is 52.9. The van der Waals surface area contributed by atoms with Gasteiger partial charge in [0, 0.05) is 83.1 Å². The fraction of sp³-hybridized carbons (Fsp3) is 0.0833. The topological polar surface area (TPSA) is 258 Å². The van der Waals surface area contributed by atoms with Gasteiger partial charge in [0.2, 0.25) is 0 Å². The highest BCUT2D eigenvalue weighted by Gasteiger charge is 2.27. The fourth-order valence-corrected chi connectivity index (χ4v) is 12.4. The molecule has 110 heavy (non-hydrogen) atoms. The third-order valence-corrected chi connectivity index (χ3v) is 19.0. The number of benzene rings is 9. The Morgan fingerprint density at radius 3 is 1.18 bits per heavy atom. The number of halogens is 10. The first-order valence-electron chi connectivity index (χ1n) is 33.1. The number of aromatic nitrogens is 3. The van der Waals surface area contributed by atoms with Gasteiger partial charge in [-0.25, -0.2) is 4.39 Å². The number of aliphatic imine (C=N–C) groups is 1. The summed E-state index contributed by atoms with van der Waals surface area (Å²) >= 11 is 54.8. The number of carbonyl (C=O) groups is 5. The molecule has 4 atom stereocenters. The maximum absolute atomic E-state index is 13.9. The van der Waals surface area contributed by atoms with Crippen LogP contribution >= 0.6 is 104 Å². The van der Waals surface area contributed by atoms with Crippen LogP contribution < -0.4 is 27.0 Å². The lowest BCUT2D eigenvalue weighted by Crippen LogP contribution is -2.32. The van der Waals surface area contributed by atoms with Gasteiger partial charge >= 0.3 is 0 Å². The zero-order valence-electron chi connectivity index (χ0n) is 57.9. The summed E-state index contributed by atoms with van der Waals surface area (Å²) in [5, 5.41) is 33.8. The van der Waals surface area contributed by atoms with E-state index in [4.69, 9.17) is 121 Å². The highest BCUT2D eigenvalue weighted by molar-refractivity contribution is 6.35. The molecule has 0 aliphatic heterocycles. The molecule has 3 aromatic heterocycles. The first kappa shape index (κ1) is 83.0. The first-order valence-corrected chi connectivity index (χ1v) is 36.5. The van der Waals surface area contributed by atoms with Crippen LogP contribution in [0.15, 0.2) is 266 Å². The van der Waals surface area contributed by atoms with Crippen molar-refractivity contribution >= 4 is 140 Å². The number of nitrogens with one attached hydrogen (secondary N) is 4. The Kier molecular flexibility index (Phi) is 30.5. The van der Waals surface area contributed by atoms with Crippen molar-refractivity contribution in [2.75, 3.05) is 6.54 Å². The number of rotatable bonds is 18. The zero-order valence-corrected chi connectivity index (χ0v) is 64.7. The number of nitriles is 2. The molecule has 0 bridgehead atoms. The van der Waals surface area contributed by atoms with Crippen LogP contribution in [-0.4, -0.2) is 56.9 Å². The molecule has 6 N–H and O–H groups in total. The van der Waals surface area contributed by atoms with E-state index in [0.29, 0.717) is 95.7 Å². The van der Waals surface area contributed by atoms with E-state index in [-0.39, 0.29) is 35.3 Å². The van der Waals surface area contributed by atoms with Gasteiger partial charge in [0.1, 0.15) is 17.7 Å². The van der Waals surface area contributed by atoms with Crippen molar-refractivity contribution < 1.29 is 28.4 Å². The Balaban J connectivity index is 0.000000169. The number of nitrogens with zero attached hydrogens (tertiary/aromatic N) is 6. The minimum atomic E-state index is -0.760. The average molecular weight is 1640 g/mol. The molecule has 5 amide bonds. The van der Waals surface area contributed by atoms with Crippen LogP contribution in [0.25, 0.3) is 0 Å². The second-order valence-electron chi connectivity index (χ2n) is 23.9. The monoisotopic (exact) mass is 1640 g/mol. The molecule has 2 unspecified atom stereocenters. The lowest BCUT2D eigenvalue weighted by atomic mass is 9.98. The minimum absolute atomic E-state index is 0.0391. The van der Waals surface area contributed by atoms with Crippen molar-refractivity contribution in [1.29, 1.82) is 10.5 Å². The van der Waals surface area contributed by atoms with Crippen LogP contribution in [0.4, 0.5) is 4.39 Å². The molecule has 0 aliphatic rings. The Morgan fingerprint density at radius 2 is 0.791 bits per heavy atom. The number of hydrogen-bond donors (Lipinski definition) is 5. The number of amides is 5. The number of pyridine rings is 3. The second-order valence-corrected chi connectivity index (χ2v) is 27.7. The lowest BCUT2D eigenvalue weighted by Gasteiger charge is -2.20. The number of carbonyl (C=O) groups excluding carboxylic acids is 5. The molecule has 12 rings (SSSR count). The lowest BCUT2D eigenvalue weighted by molar-refractivity contribution is -0.119. The summed E-state index contributed by atoms with van der Waals surface area (Å²) in [4.78, 5) is 80.8. The molecule has 0 saturated carbocycles. The van der Waals surface area contributed by atoms with Crippen LogP contribution in [0.1, 0.15) is 133 Å². The van der Waals surface area contributed by atoms with Crippen molar-refractivity contribution in [3.63, 3.8) is 0 Å². The standard InChI is InChI=1S/C23H19Cl2N3O2.C21H15Cl2N3O.C20H15Cl3N2O.C20H12Cl2FN3O/c24-18-11-17(12-19(25)13-18)22(29)27-14-20(15-7-3-1-4-8-15)23(30)28-21(26)16-9-5-2-6-10-16;1-13-11-15(4-5-16(13)12-24)21(27)26-19(14-6-8-17(22)9-7-14)20-18(23)3-2-10-25-20;1-12-11-14(6-9-16(12)22)20(26)25-18(13-4-7-15(21)8-5-13)19-17(23)3-2-10-24-19;21-15-7-5-12(6-8-15)18(19-16(22)2-1-9-25-19)26-20(27)13-3-4-14(11-24)17(23)10-13/h1-13,20H,14H2,(H,27,29)(H2,26,28,30);2-11,19H,1H3,(H,26,27);2-11,18H,1H3,(H,25,26);1-10,18H,(H,26,27)/t;;2*18-/m..00/s1. The Labute approximate surface area is 678 Å². The highest BCUT2D eigenvalue weighted by atomic mass is 35.5. The van der Waals surface area contributed by atoms with Crippen molar-refractivity contribution in [2.24, 2.45) is 10.7 Å². The summed E-state index contributed by atoms with van der Waals surface area (Å²) in [7, 11) is 0. The van der Waals surface area contributed by atoms with Gasteiger partial charge in [0.15, 0.2) is 0 Å². The molecule has 16 nitrogen and oxygen atoms in total. The summed E-state index contributed by atoms with van der Waals surface area (Å²) in [6, 6.07) is 70.0. The van der Waals surface area contributed by atoms with Gasteiger partial charge in [-0.1, -0.05) is 201 Å².